The minimum atomic E-state index is -4.50. The van der Waals surface area contributed by atoms with Crippen molar-refractivity contribution < 1.29 is 17.4 Å². The molecule has 4 rings (SSSR count). The molecule has 0 saturated heterocycles. The van der Waals surface area contributed by atoms with E-state index in [1.807, 2.05) is 0 Å². The first-order chi connectivity index (χ1) is 14.0. The van der Waals surface area contributed by atoms with Gasteiger partial charge in [-0.1, -0.05) is 6.92 Å². The Labute approximate surface area is 171 Å². The van der Waals surface area contributed by atoms with Crippen molar-refractivity contribution in [3.8, 4) is 17.6 Å². The summed E-state index contributed by atoms with van der Waals surface area (Å²) in [6.45, 7) is 1.62. The highest BCUT2D eigenvalue weighted by Crippen LogP contribution is 2.48. The van der Waals surface area contributed by atoms with Gasteiger partial charge in [0.15, 0.2) is 5.82 Å². The third-order valence-corrected chi connectivity index (χ3v) is 7.39. The molecule has 3 aromatic rings. The number of nitriles is 1. The summed E-state index contributed by atoms with van der Waals surface area (Å²) in [6, 6.07) is 7.11. The lowest BCUT2D eigenvalue weighted by atomic mass is 9.99. The predicted octanol–water partition coefficient (Wildman–Crippen LogP) is 4.63. The molecule has 1 aliphatic rings. The highest BCUT2D eigenvalue weighted by Gasteiger charge is 2.46. The molecule has 1 aliphatic carbocycles. The second kappa shape index (κ2) is 6.54. The Balaban J connectivity index is 1.95. The molecule has 2 aromatic heterocycles. The number of halogens is 3. The van der Waals surface area contributed by atoms with E-state index in [1.165, 1.54) is 12.3 Å². The van der Waals surface area contributed by atoms with Gasteiger partial charge in [0.05, 0.1) is 42.7 Å². The summed E-state index contributed by atoms with van der Waals surface area (Å²) in [6.07, 6.45) is -1.64. The largest absolute Gasteiger partial charge is 0.416 e. The zero-order valence-corrected chi connectivity index (χ0v) is 17.1. The average molecular weight is 433 g/mol. The van der Waals surface area contributed by atoms with E-state index in [9.17, 15) is 22.6 Å². The highest BCUT2D eigenvalue weighted by molar-refractivity contribution is 7.92. The van der Waals surface area contributed by atoms with E-state index >= 15 is 0 Å². The maximum atomic E-state index is 13.1. The molecule has 1 aromatic carbocycles. The van der Waals surface area contributed by atoms with Crippen molar-refractivity contribution in [2.75, 3.05) is 5.75 Å². The first kappa shape index (κ1) is 20.3. The van der Waals surface area contributed by atoms with Gasteiger partial charge in [-0.15, -0.1) is 0 Å². The van der Waals surface area contributed by atoms with Gasteiger partial charge in [-0.2, -0.15) is 18.4 Å². The molecule has 1 atom stereocenters. The molecule has 1 N–H and O–H groups in total. The number of hydrogen-bond donors (Lipinski definition) is 1. The molecule has 1 fully saturated rings. The number of rotatable bonds is 4. The first-order valence-electron chi connectivity index (χ1n) is 9.25. The smallest absolute Gasteiger partial charge is 0.326 e. The third-order valence-electron chi connectivity index (χ3n) is 5.55. The molecule has 156 valence electrons. The second-order valence-corrected chi connectivity index (χ2v) is 9.79. The molecule has 1 saturated carbocycles. The Morgan fingerprint density at radius 1 is 1.33 bits per heavy atom. The summed E-state index contributed by atoms with van der Waals surface area (Å²) in [5, 5.41) is 9.47. The van der Waals surface area contributed by atoms with Crippen LogP contribution in [-0.4, -0.2) is 24.5 Å². The third kappa shape index (κ3) is 3.13. The van der Waals surface area contributed by atoms with Gasteiger partial charge in [0.2, 0.25) is 0 Å². The maximum absolute atomic E-state index is 13.1. The Bertz CT molecular complexity index is 1310. The van der Waals surface area contributed by atoms with Crippen LogP contribution in [0, 0.1) is 16.1 Å². The van der Waals surface area contributed by atoms with E-state index in [4.69, 9.17) is 4.78 Å². The number of aromatic nitrogens is 3. The van der Waals surface area contributed by atoms with Crippen LogP contribution < -0.4 is 0 Å². The number of imidazole rings is 1. The fourth-order valence-electron chi connectivity index (χ4n) is 3.46. The van der Waals surface area contributed by atoms with Gasteiger partial charge in [0, 0.05) is 19.0 Å². The SMILES string of the molecule is CCS(=N)(=O)c1cc(C2(C#N)CC2)cnc1-c1nc2cc(C(F)(F)F)ccc2n1C. The molecule has 30 heavy (non-hydrogen) atoms. The van der Waals surface area contributed by atoms with Crippen LogP contribution in [0.3, 0.4) is 0 Å². The van der Waals surface area contributed by atoms with Gasteiger partial charge in [-0.25, -0.2) is 14.0 Å². The van der Waals surface area contributed by atoms with Gasteiger partial charge in [-0.05, 0) is 42.7 Å². The number of hydrogen-bond acceptors (Lipinski definition) is 5. The summed E-state index contributed by atoms with van der Waals surface area (Å²) in [7, 11) is -1.60. The van der Waals surface area contributed by atoms with Crippen molar-refractivity contribution in [2.24, 2.45) is 7.05 Å². The van der Waals surface area contributed by atoms with Crippen LogP contribution >= 0.6 is 0 Å². The van der Waals surface area contributed by atoms with Gasteiger partial charge in [0.25, 0.3) is 0 Å². The monoisotopic (exact) mass is 433 g/mol. The quantitative estimate of drug-likeness (QED) is 0.649. The van der Waals surface area contributed by atoms with Crippen LogP contribution in [0.4, 0.5) is 13.2 Å². The van der Waals surface area contributed by atoms with E-state index in [0.29, 0.717) is 23.9 Å². The fourth-order valence-corrected chi connectivity index (χ4v) is 4.54. The summed E-state index contributed by atoms with van der Waals surface area (Å²) in [4.78, 5) is 8.86. The van der Waals surface area contributed by atoms with Crippen LogP contribution in [0.15, 0.2) is 35.4 Å². The average Bonchev–Trinajstić information content (AvgIpc) is 3.45. The maximum Gasteiger partial charge on any atom is 0.416 e. The molecule has 10 heteroatoms. The van der Waals surface area contributed by atoms with E-state index in [-0.39, 0.29) is 27.7 Å². The number of nitrogens with one attached hydrogen (secondary N) is 1. The summed E-state index contributed by atoms with van der Waals surface area (Å²) in [5.74, 6) is 0.258. The molecule has 2 heterocycles. The summed E-state index contributed by atoms with van der Waals surface area (Å²) in [5.41, 5.74) is -0.110. The van der Waals surface area contributed by atoms with Crippen LogP contribution in [0.5, 0.6) is 0 Å². The number of pyridine rings is 1. The van der Waals surface area contributed by atoms with Gasteiger partial charge in [-0.3, -0.25) is 4.98 Å². The lowest BCUT2D eigenvalue weighted by Crippen LogP contribution is -2.11. The Hall–Kier alpha value is -2.93. The lowest BCUT2D eigenvalue weighted by Gasteiger charge is -2.14. The number of alkyl halides is 3. The van der Waals surface area contributed by atoms with Crippen molar-refractivity contribution in [3.63, 3.8) is 0 Å². The van der Waals surface area contributed by atoms with Crippen LogP contribution in [-0.2, 0) is 28.4 Å². The molecule has 6 nitrogen and oxygen atoms in total. The molecule has 0 bridgehead atoms. The molecule has 0 radical (unpaired) electrons. The number of benzene rings is 1. The Morgan fingerprint density at radius 2 is 2.03 bits per heavy atom. The summed E-state index contributed by atoms with van der Waals surface area (Å²) >= 11 is 0. The second-order valence-electron chi connectivity index (χ2n) is 7.42. The Morgan fingerprint density at radius 3 is 2.60 bits per heavy atom. The van der Waals surface area contributed by atoms with E-state index in [0.717, 1.165) is 12.1 Å². The molecule has 0 spiro atoms. The number of fused-ring (bicyclic) bond motifs is 1. The number of aryl methyl sites for hydroxylation is 1. The normalized spacial score (nSPS) is 17.5. The van der Waals surface area contributed by atoms with E-state index < -0.39 is 26.9 Å². The van der Waals surface area contributed by atoms with Crippen molar-refractivity contribution in [3.05, 3.63) is 41.6 Å². The van der Waals surface area contributed by atoms with Crippen LogP contribution in [0.1, 0.15) is 30.9 Å². The zero-order chi connectivity index (χ0) is 21.9. The minimum absolute atomic E-state index is 0.0346. The summed E-state index contributed by atoms with van der Waals surface area (Å²) < 4.78 is 62.1. The molecule has 0 amide bonds. The van der Waals surface area contributed by atoms with E-state index in [2.05, 4.69) is 16.0 Å². The van der Waals surface area contributed by atoms with Gasteiger partial charge < -0.3 is 4.57 Å². The van der Waals surface area contributed by atoms with Crippen molar-refractivity contribution in [2.45, 2.75) is 36.3 Å². The van der Waals surface area contributed by atoms with Crippen LogP contribution in [0.2, 0.25) is 0 Å². The minimum Gasteiger partial charge on any atom is -0.326 e. The van der Waals surface area contributed by atoms with E-state index in [1.54, 1.807) is 24.6 Å². The lowest BCUT2D eigenvalue weighted by molar-refractivity contribution is -0.137. The topological polar surface area (TPSA) is 95.4 Å². The first-order valence-corrected chi connectivity index (χ1v) is 11.0. The molecular formula is C20H18F3N5OS. The van der Waals surface area contributed by atoms with Gasteiger partial charge in [0.1, 0.15) is 5.69 Å². The van der Waals surface area contributed by atoms with Crippen molar-refractivity contribution in [1.82, 2.24) is 14.5 Å². The van der Waals surface area contributed by atoms with Crippen molar-refractivity contribution in [1.29, 1.82) is 10.0 Å². The molecule has 1 unspecified atom stereocenters. The van der Waals surface area contributed by atoms with Gasteiger partial charge >= 0.3 is 6.18 Å². The molecular weight excluding hydrogens is 415 g/mol. The number of nitrogens with zero attached hydrogens (tertiary/aromatic N) is 4. The highest BCUT2D eigenvalue weighted by atomic mass is 32.2. The standard InChI is InChI=1S/C20H18F3N5OS/c1-3-30(25,29)16-9-13(19(11-24)6-7-19)10-26-17(16)18-27-14-8-12(20(21,22)23)4-5-15(14)28(18)2/h4-5,8-10,25H,3,6-7H2,1-2H3. The fraction of sp³-hybridized carbons (Fsp3) is 0.350. The van der Waals surface area contributed by atoms with Crippen LogP contribution in [0.25, 0.3) is 22.6 Å². The Kier molecular flexibility index (Phi) is 4.43. The zero-order valence-electron chi connectivity index (χ0n) is 16.2. The predicted molar refractivity (Wildman–Crippen MR) is 105 cm³/mol. The van der Waals surface area contributed by atoms with Crippen molar-refractivity contribution >= 4 is 20.8 Å². The molecule has 0 aliphatic heterocycles.